The molecule has 2 N–H and O–H groups in total. The molecule has 120 valence electrons. The highest BCUT2D eigenvalue weighted by molar-refractivity contribution is 5.85. The number of piperidine rings is 1. The molecule has 21 heavy (non-hydrogen) atoms. The number of hydrogen-bond donors (Lipinski definition) is 1. The van der Waals surface area contributed by atoms with Crippen LogP contribution in [0.1, 0.15) is 45.6 Å². The van der Waals surface area contributed by atoms with Crippen molar-refractivity contribution < 1.29 is 4.79 Å². The molecule has 7 heteroatoms. The van der Waals surface area contributed by atoms with Crippen LogP contribution in [0.5, 0.6) is 0 Å². The number of likely N-dealkylation sites (tertiary alicyclic amines) is 1. The quantitative estimate of drug-likeness (QED) is 0.896. The van der Waals surface area contributed by atoms with Gasteiger partial charge in [-0.25, -0.2) is 9.67 Å². The summed E-state index contributed by atoms with van der Waals surface area (Å²) < 4.78 is 1.86. The molecule has 2 heterocycles. The fourth-order valence-corrected chi connectivity index (χ4v) is 3.02. The molecular weight excluding hydrogens is 290 g/mol. The predicted octanol–water partition coefficient (Wildman–Crippen LogP) is 1.63. The summed E-state index contributed by atoms with van der Waals surface area (Å²) >= 11 is 0. The fourth-order valence-electron chi connectivity index (χ4n) is 3.02. The van der Waals surface area contributed by atoms with E-state index < -0.39 is 5.41 Å². The number of aromatic nitrogens is 3. The van der Waals surface area contributed by atoms with Gasteiger partial charge in [0, 0.05) is 19.6 Å². The van der Waals surface area contributed by atoms with E-state index >= 15 is 0 Å². The lowest BCUT2D eigenvalue weighted by Crippen LogP contribution is -2.51. The van der Waals surface area contributed by atoms with Crippen molar-refractivity contribution in [1.29, 1.82) is 0 Å². The molecule has 6 nitrogen and oxygen atoms in total. The first-order valence-electron chi connectivity index (χ1n) is 7.50. The number of nitrogens with two attached hydrogens (primary N) is 1. The zero-order chi connectivity index (χ0) is 14.6. The Hall–Kier alpha value is -1.14. The summed E-state index contributed by atoms with van der Waals surface area (Å²) in [5.74, 6) is 0.204. The molecule has 1 fully saturated rings. The van der Waals surface area contributed by atoms with Gasteiger partial charge in [0.15, 0.2) is 0 Å². The van der Waals surface area contributed by atoms with Crippen LogP contribution >= 0.6 is 12.4 Å². The molecule has 0 saturated carbocycles. The minimum Gasteiger partial charge on any atom is -0.340 e. The lowest BCUT2D eigenvalue weighted by molar-refractivity contribution is -0.144. The van der Waals surface area contributed by atoms with Gasteiger partial charge >= 0.3 is 0 Å². The van der Waals surface area contributed by atoms with Gasteiger partial charge < -0.3 is 10.6 Å². The van der Waals surface area contributed by atoms with Crippen LogP contribution in [0.25, 0.3) is 0 Å². The normalized spacial score (nSPS) is 19.2. The van der Waals surface area contributed by atoms with Gasteiger partial charge in [-0.15, -0.1) is 12.4 Å². The van der Waals surface area contributed by atoms with Gasteiger partial charge in [-0.05, 0) is 25.7 Å². The van der Waals surface area contributed by atoms with E-state index in [2.05, 4.69) is 10.1 Å². The SMILES string of the molecule is CCC(CC)(CN)C(=O)N1CCCC(n2cncn2)C1.Cl. The van der Waals surface area contributed by atoms with E-state index in [1.807, 2.05) is 23.4 Å². The second kappa shape index (κ2) is 7.75. The average Bonchev–Trinajstić information content (AvgIpc) is 3.04. The Morgan fingerprint density at radius 2 is 2.14 bits per heavy atom. The second-order valence-corrected chi connectivity index (χ2v) is 5.61. The molecule has 0 radical (unpaired) electrons. The molecular formula is C14H26ClN5O. The van der Waals surface area contributed by atoms with Gasteiger partial charge in [0.1, 0.15) is 12.7 Å². The van der Waals surface area contributed by atoms with Crippen molar-refractivity contribution in [2.75, 3.05) is 19.6 Å². The summed E-state index contributed by atoms with van der Waals surface area (Å²) in [6.45, 7) is 6.05. The van der Waals surface area contributed by atoms with Crippen LogP contribution in [-0.4, -0.2) is 45.2 Å². The van der Waals surface area contributed by atoms with Crippen LogP contribution in [0.4, 0.5) is 0 Å². The third-order valence-electron chi connectivity index (χ3n) is 4.69. The highest BCUT2D eigenvalue weighted by atomic mass is 35.5. The first kappa shape index (κ1) is 17.9. The lowest BCUT2D eigenvalue weighted by Gasteiger charge is -2.39. The van der Waals surface area contributed by atoms with Crippen LogP contribution in [0.15, 0.2) is 12.7 Å². The topological polar surface area (TPSA) is 77.0 Å². The Labute approximate surface area is 132 Å². The molecule has 1 atom stereocenters. The van der Waals surface area contributed by atoms with Crippen LogP contribution in [-0.2, 0) is 4.79 Å². The van der Waals surface area contributed by atoms with Crippen molar-refractivity contribution >= 4 is 18.3 Å². The summed E-state index contributed by atoms with van der Waals surface area (Å²) in [6.07, 6.45) is 6.91. The van der Waals surface area contributed by atoms with Gasteiger partial charge in [0.2, 0.25) is 5.91 Å². The molecule has 2 rings (SSSR count). The van der Waals surface area contributed by atoms with E-state index in [1.54, 1.807) is 12.7 Å². The van der Waals surface area contributed by atoms with E-state index in [1.165, 1.54) is 0 Å². The third kappa shape index (κ3) is 3.55. The van der Waals surface area contributed by atoms with Gasteiger partial charge in [-0.1, -0.05) is 13.8 Å². The summed E-state index contributed by atoms with van der Waals surface area (Å²) in [5.41, 5.74) is 5.49. The number of nitrogens with zero attached hydrogens (tertiary/aromatic N) is 4. The molecule has 1 unspecified atom stereocenters. The van der Waals surface area contributed by atoms with Crippen molar-refractivity contribution in [2.24, 2.45) is 11.1 Å². The van der Waals surface area contributed by atoms with E-state index in [-0.39, 0.29) is 24.4 Å². The van der Waals surface area contributed by atoms with Crippen molar-refractivity contribution in [2.45, 2.75) is 45.6 Å². The monoisotopic (exact) mass is 315 g/mol. The van der Waals surface area contributed by atoms with E-state index in [0.717, 1.165) is 32.2 Å². The Balaban J connectivity index is 0.00000220. The highest BCUT2D eigenvalue weighted by Crippen LogP contribution is 2.30. The van der Waals surface area contributed by atoms with Crippen molar-refractivity contribution in [3.63, 3.8) is 0 Å². The molecule has 1 amide bonds. The standard InChI is InChI=1S/C14H25N5O.ClH/c1-3-14(4-2,9-15)13(20)18-7-5-6-12(8-18)19-11-16-10-17-19;/h10-12H,3-9,15H2,1-2H3;1H. The van der Waals surface area contributed by atoms with E-state index in [4.69, 9.17) is 5.73 Å². The van der Waals surface area contributed by atoms with E-state index in [0.29, 0.717) is 13.1 Å². The number of amides is 1. The predicted molar refractivity (Wildman–Crippen MR) is 84.2 cm³/mol. The molecule has 0 aliphatic carbocycles. The number of rotatable bonds is 5. The Morgan fingerprint density at radius 3 is 2.67 bits per heavy atom. The van der Waals surface area contributed by atoms with Crippen molar-refractivity contribution in [1.82, 2.24) is 19.7 Å². The van der Waals surface area contributed by atoms with Gasteiger partial charge in [0.25, 0.3) is 0 Å². The summed E-state index contributed by atoms with van der Waals surface area (Å²) in [5, 5.41) is 4.20. The van der Waals surface area contributed by atoms with Gasteiger partial charge in [-0.2, -0.15) is 5.10 Å². The Morgan fingerprint density at radius 1 is 1.43 bits per heavy atom. The number of carbonyl (C=O) groups excluding carboxylic acids is 1. The van der Waals surface area contributed by atoms with Crippen molar-refractivity contribution in [3.8, 4) is 0 Å². The maximum absolute atomic E-state index is 12.8. The summed E-state index contributed by atoms with van der Waals surface area (Å²) in [7, 11) is 0. The fraction of sp³-hybridized carbons (Fsp3) is 0.786. The smallest absolute Gasteiger partial charge is 0.230 e. The van der Waals surface area contributed by atoms with Crippen LogP contribution in [0.3, 0.4) is 0 Å². The third-order valence-corrected chi connectivity index (χ3v) is 4.69. The van der Waals surface area contributed by atoms with Crippen LogP contribution in [0, 0.1) is 5.41 Å². The summed E-state index contributed by atoms with van der Waals surface area (Å²) in [6, 6.07) is 0.236. The largest absolute Gasteiger partial charge is 0.340 e. The minimum absolute atomic E-state index is 0. The summed E-state index contributed by atoms with van der Waals surface area (Å²) in [4.78, 5) is 18.8. The Bertz CT molecular complexity index is 424. The molecule has 1 aromatic heterocycles. The van der Waals surface area contributed by atoms with Gasteiger partial charge in [0.05, 0.1) is 11.5 Å². The minimum atomic E-state index is -0.399. The number of hydrogen-bond acceptors (Lipinski definition) is 4. The second-order valence-electron chi connectivity index (χ2n) is 5.61. The van der Waals surface area contributed by atoms with Crippen molar-refractivity contribution in [3.05, 3.63) is 12.7 Å². The molecule has 1 saturated heterocycles. The Kier molecular flexibility index (Phi) is 6.61. The van der Waals surface area contributed by atoms with Crippen LogP contribution < -0.4 is 5.73 Å². The van der Waals surface area contributed by atoms with Gasteiger partial charge in [-0.3, -0.25) is 4.79 Å². The van der Waals surface area contributed by atoms with Crippen LogP contribution in [0.2, 0.25) is 0 Å². The maximum atomic E-state index is 12.8. The molecule has 1 aliphatic heterocycles. The first-order chi connectivity index (χ1) is 9.66. The molecule has 0 spiro atoms. The average molecular weight is 316 g/mol. The zero-order valence-electron chi connectivity index (χ0n) is 12.9. The number of carbonyl (C=O) groups is 1. The number of halogens is 1. The van der Waals surface area contributed by atoms with E-state index in [9.17, 15) is 4.79 Å². The molecule has 0 aromatic carbocycles. The first-order valence-corrected chi connectivity index (χ1v) is 7.50. The molecule has 1 aliphatic rings. The lowest BCUT2D eigenvalue weighted by atomic mass is 9.80. The zero-order valence-corrected chi connectivity index (χ0v) is 13.7. The molecule has 0 bridgehead atoms. The maximum Gasteiger partial charge on any atom is 0.230 e. The highest BCUT2D eigenvalue weighted by Gasteiger charge is 2.38. The molecule has 1 aromatic rings.